The molecule has 0 saturated heterocycles. The lowest BCUT2D eigenvalue weighted by atomic mass is 10.1. The molecule has 0 aliphatic rings. The molecule has 0 aliphatic carbocycles. The Bertz CT molecular complexity index is 1070. The van der Waals surface area contributed by atoms with Crippen LogP contribution >= 0.6 is 0 Å². The lowest BCUT2D eigenvalue weighted by molar-refractivity contribution is -0.147. The van der Waals surface area contributed by atoms with E-state index in [1.54, 1.807) is 24.3 Å². The zero-order valence-electron chi connectivity index (χ0n) is 15.7. The van der Waals surface area contributed by atoms with Gasteiger partial charge in [0.2, 0.25) is 0 Å². The van der Waals surface area contributed by atoms with Crippen molar-refractivity contribution in [1.29, 1.82) is 0 Å². The Morgan fingerprint density at radius 3 is 2.54 bits per heavy atom. The van der Waals surface area contributed by atoms with Crippen LogP contribution in [-0.4, -0.2) is 28.5 Å². The Hall–Kier alpha value is -3.48. The molecule has 7 heteroatoms. The van der Waals surface area contributed by atoms with E-state index in [1.165, 1.54) is 0 Å². The number of nitrogens with zero attached hydrogens (tertiary/aromatic N) is 1. The summed E-state index contributed by atoms with van der Waals surface area (Å²) in [4.78, 5) is 43.0. The Kier molecular flexibility index (Phi) is 5.84. The van der Waals surface area contributed by atoms with Crippen molar-refractivity contribution in [2.75, 3.05) is 11.9 Å². The van der Waals surface area contributed by atoms with Gasteiger partial charge in [-0.1, -0.05) is 30.3 Å². The molecule has 0 atom stereocenters. The third kappa shape index (κ3) is 4.62. The predicted octanol–water partition coefficient (Wildman–Crippen LogP) is 2.65. The molecule has 2 aromatic carbocycles. The summed E-state index contributed by atoms with van der Waals surface area (Å²) in [6.07, 6.45) is 0.232. The van der Waals surface area contributed by atoms with Crippen LogP contribution in [0.5, 0.6) is 0 Å². The molecule has 3 aromatic rings. The van der Waals surface area contributed by atoms with Crippen molar-refractivity contribution in [3.63, 3.8) is 0 Å². The second-order valence-electron chi connectivity index (χ2n) is 6.51. The number of nitrogens with one attached hydrogen (secondary N) is 2. The van der Waals surface area contributed by atoms with Gasteiger partial charge in [-0.25, -0.2) is 4.98 Å². The van der Waals surface area contributed by atoms with Crippen molar-refractivity contribution >= 4 is 28.5 Å². The maximum Gasteiger partial charge on any atom is 0.306 e. The van der Waals surface area contributed by atoms with Gasteiger partial charge in [0.15, 0.2) is 6.61 Å². The van der Waals surface area contributed by atoms with E-state index in [1.807, 2.05) is 32.0 Å². The number of ether oxygens (including phenoxy) is 1. The van der Waals surface area contributed by atoms with Crippen LogP contribution < -0.4 is 10.9 Å². The van der Waals surface area contributed by atoms with E-state index < -0.39 is 11.9 Å². The molecule has 0 aliphatic heterocycles. The van der Waals surface area contributed by atoms with Crippen molar-refractivity contribution in [3.05, 3.63) is 69.8 Å². The van der Waals surface area contributed by atoms with E-state index in [-0.39, 0.29) is 25.0 Å². The van der Waals surface area contributed by atoms with Gasteiger partial charge in [-0.05, 0) is 37.1 Å². The largest absolute Gasteiger partial charge is 0.456 e. The minimum atomic E-state index is -0.535. The van der Waals surface area contributed by atoms with Gasteiger partial charge in [0.1, 0.15) is 5.82 Å². The van der Waals surface area contributed by atoms with Crippen LogP contribution in [0.1, 0.15) is 23.4 Å². The molecule has 1 heterocycles. The Balaban J connectivity index is 1.52. The monoisotopic (exact) mass is 379 g/mol. The summed E-state index contributed by atoms with van der Waals surface area (Å²) in [6.45, 7) is 3.42. The van der Waals surface area contributed by atoms with Crippen molar-refractivity contribution in [3.8, 4) is 0 Å². The summed E-state index contributed by atoms with van der Waals surface area (Å²) in [5.74, 6) is -0.531. The number of carbonyl (C=O) groups excluding carboxylic acids is 2. The highest BCUT2D eigenvalue weighted by atomic mass is 16.5. The number of anilines is 1. The molecular weight excluding hydrogens is 358 g/mol. The molecule has 28 heavy (non-hydrogen) atoms. The Morgan fingerprint density at radius 2 is 1.79 bits per heavy atom. The van der Waals surface area contributed by atoms with Crippen molar-refractivity contribution in [1.82, 2.24) is 9.97 Å². The maximum absolute atomic E-state index is 12.0. The fraction of sp³-hybridized carbons (Fsp3) is 0.238. The van der Waals surface area contributed by atoms with E-state index in [2.05, 4.69) is 15.3 Å². The van der Waals surface area contributed by atoms with Crippen LogP contribution in [0.4, 0.5) is 5.69 Å². The highest BCUT2D eigenvalue weighted by Crippen LogP contribution is 2.19. The summed E-state index contributed by atoms with van der Waals surface area (Å²) in [6, 6.07) is 12.7. The lowest BCUT2D eigenvalue weighted by Gasteiger charge is -2.11. The first-order chi connectivity index (χ1) is 13.4. The van der Waals surface area contributed by atoms with Crippen LogP contribution in [0, 0.1) is 13.8 Å². The highest BCUT2D eigenvalue weighted by Gasteiger charge is 2.12. The number of para-hydroxylation sites is 2. The Labute approximate surface area is 161 Å². The topological polar surface area (TPSA) is 101 Å². The van der Waals surface area contributed by atoms with Crippen LogP contribution in [0.15, 0.2) is 47.3 Å². The number of aromatic nitrogens is 2. The number of H-pyrrole nitrogens is 1. The summed E-state index contributed by atoms with van der Waals surface area (Å²) < 4.78 is 5.02. The standard InChI is InChI=1S/C21H21N3O4/c1-13-6-5-7-14(2)20(13)24-18(25)12-28-19(26)11-10-17-22-16-9-4-3-8-15(16)21(27)23-17/h3-9H,10-12H2,1-2H3,(H,24,25)(H,22,23,27). The van der Waals surface area contributed by atoms with Crippen molar-refractivity contribution < 1.29 is 14.3 Å². The first kappa shape index (κ1) is 19.3. The zero-order chi connectivity index (χ0) is 20.1. The average Bonchev–Trinajstić information content (AvgIpc) is 2.68. The predicted molar refractivity (Wildman–Crippen MR) is 106 cm³/mol. The van der Waals surface area contributed by atoms with Crippen LogP contribution in [0.25, 0.3) is 10.9 Å². The maximum atomic E-state index is 12.0. The van der Waals surface area contributed by atoms with E-state index in [0.29, 0.717) is 16.7 Å². The number of aryl methyl sites for hydroxylation is 3. The quantitative estimate of drug-likeness (QED) is 0.641. The summed E-state index contributed by atoms with van der Waals surface area (Å²) >= 11 is 0. The number of benzene rings is 2. The molecule has 0 unspecified atom stereocenters. The SMILES string of the molecule is Cc1cccc(C)c1NC(=O)COC(=O)CCc1nc2ccccc2c(=O)[nH]1. The van der Waals surface area contributed by atoms with E-state index in [4.69, 9.17) is 4.74 Å². The third-order valence-electron chi connectivity index (χ3n) is 4.34. The molecule has 0 fully saturated rings. The number of amides is 1. The molecule has 0 radical (unpaired) electrons. The van der Waals surface area contributed by atoms with Gasteiger partial charge < -0.3 is 15.0 Å². The molecule has 7 nitrogen and oxygen atoms in total. The Morgan fingerprint density at radius 1 is 1.07 bits per heavy atom. The van der Waals surface area contributed by atoms with Gasteiger partial charge in [-0.15, -0.1) is 0 Å². The van der Waals surface area contributed by atoms with Crippen LogP contribution in [0.3, 0.4) is 0 Å². The van der Waals surface area contributed by atoms with Gasteiger partial charge in [0.25, 0.3) is 11.5 Å². The smallest absolute Gasteiger partial charge is 0.306 e. The van der Waals surface area contributed by atoms with Crippen molar-refractivity contribution in [2.24, 2.45) is 0 Å². The fourth-order valence-corrected chi connectivity index (χ4v) is 2.88. The molecule has 0 spiro atoms. The molecule has 2 N–H and O–H groups in total. The first-order valence-electron chi connectivity index (χ1n) is 8.93. The van der Waals surface area contributed by atoms with Gasteiger partial charge >= 0.3 is 5.97 Å². The van der Waals surface area contributed by atoms with Gasteiger partial charge in [-0.3, -0.25) is 14.4 Å². The normalized spacial score (nSPS) is 10.6. The second kappa shape index (κ2) is 8.47. The number of hydrogen-bond acceptors (Lipinski definition) is 5. The molecule has 0 saturated carbocycles. The number of aromatic amines is 1. The number of rotatable bonds is 6. The molecule has 0 bridgehead atoms. The lowest BCUT2D eigenvalue weighted by Crippen LogP contribution is -2.22. The fourth-order valence-electron chi connectivity index (χ4n) is 2.88. The second-order valence-corrected chi connectivity index (χ2v) is 6.51. The highest BCUT2D eigenvalue weighted by molar-refractivity contribution is 5.94. The van der Waals surface area contributed by atoms with Gasteiger partial charge in [0.05, 0.1) is 17.3 Å². The molecule has 1 aromatic heterocycles. The molecule has 144 valence electrons. The first-order valence-corrected chi connectivity index (χ1v) is 8.93. The van der Waals surface area contributed by atoms with Crippen LogP contribution in [0.2, 0.25) is 0 Å². The minimum absolute atomic E-state index is 0.0119. The third-order valence-corrected chi connectivity index (χ3v) is 4.34. The molecule has 1 amide bonds. The number of hydrogen-bond donors (Lipinski definition) is 2. The van der Waals surface area contributed by atoms with Gasteiger partial charge in [0, 0.05) is 12.1 Å². The van der Waals surface area contributed by atoms with E-state index in [9.17, 15) is 14.4 Å². The zero-order valence-corrected chi connectivity index (χ0v) is 15.7. The number of carbonyl (C=O) groups is 2. The average molecular weight is 379 g/mol. The number of fused-ring (bicyclic) bond motifs is 1. The van der Waals surface area contributed by atoms with E-state index in [0.717, 1.165) is 16.8 Å². The summed E-state index contributed by atoms with van der Waals surface area (Å²) in [5.41, 5.74) is 2.92. The minimum Gasteiger partial charge on any atom is -0.456 e. The van der Waals surface area contributed by atoms with Crippen molar-refractivity contribution in [2.45, 2.75) is 26.7 Å². The van der Waals surface area contributed by atoms with E-state index >= 15 is 0 Å². The molecular formula is C21H21N3O4. The summed E-state index contributed by atoms with van der Waals surface area (Å²) in [5, 5.41) is 3.26. The van der Waals surface area contributed by atoms with Gasteiger partial charge in [-0.2, -0.15) is 0 Å². The summed E-state index contributed by atoms with van der Waals surface area (Å²) in [7, 11) is 0. The van der Waals surface area contributed by atoms with Crippen LogP contribution in [-0.2, 0) is 20.7 Å². The molecule has 3 rings (SSSR count). The number of esters is 1.